The lowest BCUT2D eigenvalue weighted by atomic mass is 10.0. The number of ether oxygens (including phenoxy) is 2. The van der Waals surface area contributed by atoms with Crippen molar-refractivity contribution in [2.75, 3.05) is 32.8 Å². The van der Waals surface area contributed by atoms with E-state index in [4.69, 9.17) is 4.74 Å². The largest absolute Gasteiger partial charge is 0.573 e. The summed E-state index contributed by atoms with van der Waals surface area (Å²) in [6, 6.07) is 4.30. The first-order valence-corrected chi connectivity index (χ1v) is 9.74. The minimum Gasteiger partial charge on any atom is -0.406 e. The average molecular weight is 396 g/mol. The Morgan fingerprint density at radius 1 is 1.27 bits per heavy atom. The zero-order valence-electron chi connectivity index (χ0n) is 14.6. The zero-order chi connectivity index (χ0) is 19.4. The fraction of sp³-hybridized carbons (Fsp3) is 0.625. The summed E-state index contributed by atoms with van der Waals surface area (Å²) in [4.78, 5) is 1.88. The number of alkyl halides is 3. The third-order valence-corrected chi connectivity index (χ3v) is 5.54. The molecule has 6 nitrogen and oxygen atoms in total. The van der Waals surface area contributed by atoms with E-state index < -0.39 is 22.1 Å². The first-order valence-electron chi connectivity index (χ1n) is 8.26. The fourth-order valence-corrected chi connectivity index (χ4v) is 3.90. The predicted molar refractivity (Wildman–Crippen MR) is 89.3 cm³/mol. The number of nitrogens with one attached hydrogen (secondary N) is 1. The second kappa shape index (κ2) is 8.55. The van der Waals surface area contributed by atoms with Gasteiger partial charge in [0.25, 0.3) is 0 Å². The highest BCUT2D eigenvalue weighted by Crippen LogP contribution is 2.25. The van der Waals surface area contributed by atoms with E-state index in [1.54, 1.807) is 0 Å². The fourth-order valence-electron chi connectivity index (χ4n) is 2.81. The lowest BCUT2D eigenvalue weighted by Gasteiger charge is -2.36. The predicted octanol–water partition coefficient (Wildman–Crippen LogP) is 2.22. The number of halogens is 3. The molecule has 0 bridgehead atoms. The van der Waals surface area contributed by atoms with Gasteiger partial charge in [-0.2, -0.15) is 0 Å². The lowest BCUT2D eigenvalue weighted by molar-refractivity contribution is -0.274. The maximum absolute atomic E-state index is 12.5. The Hall–Kier alpha value is -1.36. The molecule has 1 heterocycles. The van der Waals surface area contributed by atoms with Gasteiger partial charge in [0.2, 0.25) is 10.0 Å². The van der Waals surface area contributed by atoms with Gasteiger partial charge in [-0.3, -0.25) is 4.90 Å². The van der Waals surface area contributed by atoms with Crippen molar-refractivity contribution in [2.24, 2.45) is 5.92 Å². The van der Waals surface area contributed by atoms with Gasteiger partial charge < -0.3 is 9.47 Å². The summed E-state index contributed by atoms with van der Waals surface area (Å²) < 4.78 is 73.5. The summed E-state index contributed by atoms with van der Waals surface area (Å²) >= 11 is 0. The molecule has 0 aliphatic carbocycles. The van der Waals surface area contributed by atoms with Crippen molar-refractivity contribution in [3.8, 4) is 5.75 Å². The summed E-state index contributed by atoms with van der Waals surface area (Å²) in [7, 11) is -3.96. The molecule has 1 aromatic carbocycles. The second-order valence-corrected chi connectivity index (χ2v) is 8.10. The molecule has 10 heteroatoms. The number of hydrogen-bond donors (Lipinski definition) is 1. The summed E-state index contributed by atoms with van der Waals surface area (Å²) in [5, 5.41) is 0. The smallest absolute Gasteiger partial charge is 0.406 e. The minimum atomic E-state index is -4.88. The number of hydrogen-bond acceptors (Lipinski definition) is 5. The van der Waals surface area contributed by atoms with Crippen LogP contribution in [0.25, 0.3) is 0 Å². The molecular weight excluding hydrogens is 373 g/mol. The molecule has 1 atom stereocenters. The Bertz CT molecular complexity index is 689. The van der Waals surface area contributed by atoms with Crippen LogP contribution in [0.15, 0.2) is 29.2 Å². The summed E-state index contributed by atoms with van der Waals surface area (Å²) in [6.07, 6.45) is -4.88. The molecule has 0 aromatic heterocycles. The molecule has 1 aliphatic heterocycles. The van der Waals surface area contributed by atoms with Crippen LogP contribution in [0.5, 0.6) is 5.75 Å². The normalized spacial score (nSPS) is 18.1. The van der Waals surface area contributed by atoms with E-state index in [1.165, 1.54) is 12.1 Å². The van der Waals surface area contributed by atoms with Gasteiger partial charge in [-0.1, -0.05) is 19.9 Å². The molecule has 0 amide bonds. The molecule has 148 valence electrons. The number of morpholine rings is 1. The zero-order valence-corrected chi connectivity index (χ0v) is 15.4. The maximum atomic E-state index is 12.5. The van der Waals surface area contributed by atoms with Crippen molar-refractivity contribution in [3.63, 3.8) is 0 Å². The molecule has 1 saturated heterocycles. The Kier molecular flexibility index (Phi) is 6.89. The van der Waals surface area contributed by atoms with Gasteiger partial charge >= 0.3 is 6.36 Å². The molecular formula is C16H23F3N2O4S. The maximum Gasteiger partial charge on any atom is 0.573 e. The van der Waals surface area contributed by atoms with E-state index in [2.05, 4.69) is 14.4 Å². The van der Waals surface area contributed by atoms with E-state index in [9.17, 15) is 21.6 Å². The van der Waals surface area contributed by atoms with E-state index in [-0.39, 0.29) is 23.4 Å². The number of nitrogens with zero attached hydrogens (tertiary/aromatic N) is 1. The van der Waals surface area contributed by atoms with E-state index >= 15 is 0 Å². The number of sulfonamides is 1. The monoisotopic (exact) mass is 396 g/mol. The van der Waals surface area contributed by atoms with Crippen LogP contribution in [0.2, 0.25) is 0 Å². The van der Waals surface area contributed by atoms with E-state index in [0.717, 1.165) is 12.1 Å². The topological polar surface area (TPSA) is 67.9 Å². The highest BCUT2D eigenvalue weighted by atomic mass is 32.2. The second-order valence-electron chi connectivity index (χ2n) is 6.33. The Labute approximate surface area is 151 Å². The van der Waals surface area contributed by atoms with Gasteiger partial charge in [-0.15, -0.1) is 13.2 Å². The average Bonchev–Trinajstić information content (AvgIpc) is 2.54. The van der Waals surface area contributed by atoms with E-state index in [1.807, 2.05) is 13.8 Å². The van der Waals surface area contributed by atoms with Crippen LogP contribution < -0.4 is 9.46 Å². The Balaban J connectivity index is 2.08. The molecule has 1 unspecified atom stereocenters. The summed E-state index contributed by atoms with van der Waals surface area (Å²) in [5.41, 5.74) is 0. The van der Waals surface area contributed by atoms with Crippen LogP contribution >= 0.6 is 0 Å². The SMILES string of the molecule is CC(C)C(CNS(=O)(=O)c1cccc(OC(F)(F)F)c1)N1CCOCC1. The van der Waals surface area contributed by atoms with Crippen LogP contribution in [-0.2, 0) is 14.8 Å². The van der Waals surface area contributed by atoms with Crippen LogP contribution in [0.3, 0.4) is 0 Å². The minimum absolute atomic E-state index is 0.0386. The van der Waals surface area contributed by atoms with Gasteiger partial charge in [-0.25, -0.2) is 13.1 Å². The molecule has 1 aliphatic rings. The van der Waals surface area contributed by atoms with Gasteiger partial charge in [0.15, 0.2) is 0 Å². The Morgan fingerprint density at radius 2 is 1.92 bits per heavy atom. The van der Waals surface area contributed by atoms with Crippen LogP contribution in [0.1, 0.15) is 13.8 Å². The summed E-state index contributed by atoms with van der Waals surface area (Å²) in [5.74, 6) is -0.385. The molecule has 26 heavy (non-hydrogen) atoms. The molecule has 1 fully saturated rings. The molecule has 2 rings (SSSR count). The molecule has 0 saturated carbocycles. The van der Waals surface area contributed by atoms with Crippen LogP contribution in [0.4, 0.5) is 13.2 Å². The molecule has 1 aromatic rings. The summed E-state index contributed by atoms with van der Waals surface area (Å²) in [6.45, 7) is 6.74. The molecule has 0 radical (unpaired) electrons. The third kappa shape index (κ3) is 6.11. The van der Waals surface area contributed by atoms with Gasteiger partial charge in [-0.05, 0) is 18.1 Å². The van der Waals surface area contributed by atoms with Crippen molar-refractivity contribution in [1.82, 2.24) is 9.62 Å². The first kappa shape index (κ1) is 20.9. The van der Waals surface area contributed by atoms with Crippen molar-refractivity contribution >= 4 is 10.0 Å². The number of benzene rings is 1. The van der Waals surface area contributed by atoms with Gasteiger partial charge in [0, 0.05) is 31.7 Å². The first-order chi connectivity index (χ1) is 12.1. The quantitative estimate of drug-likeness (QED) is 0.766. The van der Waals surface area contributed by atoms with Crippen molar-refractivity contribution < 1.29 is 31.1 Å². The van der Waals surface area contributed by atoms with Crippen LogP contribution in [0, 0.1) is 5.92 Å². The number of rotatable bonds is 7. The van der Waals surface area contributed by atoms with Gasteiger partial charge in [0.1, 0.15) is 5.75 Å². The van der Waals surface area contributed by atoms with Gasteiger partial charge in [0.05, 0.1) is 18.1 Å². The third-order valence-electron chi connectivity index (χ3n) is 4.12. The highest BCUT2D eigenvalue weighted by Gasteiger charge is 2.32. The van der Waals surface area contributed by atoms with Crippen molar-refractivity contribution in [2.45, 2.75) is 31.1 Å². The highest BCUT2D eigenvalue weighted by molar-refractivity contribution is 7.89. The molecule has 0 spiro atoms. The lowest BCUT2D eigenvalue weighted by Crippen LogP contribution is -2.51. The van der Waals surface area contributed by atoms with E-state index in [0.29, 0.717) is 26.3 Å². The standard InChI is InChI=1S/C16H23F3N2O4S/c1-12(2)15(21-6-8-24-9-7-21)11-20-26(22,23)14-5-3-4-13(10-14)25-16(17,18)19/h3-5,10,12,15,20H,6-9,11H2,1-2H3. The van der Waals surface area contributed by atoms with Crippen molar-refractivity contribution in [3.05, 3.63) is 24.3 Å². The molecule has 1 N–H and O–H groups in total. The van der Waals surface area contributed by atoms with Crippen LogP contribution in [-0.4, -0.2) is 58.6 Å². The Morgan fingerprint density at radius 3 is 2.50 bits per heavy atom. The van der Waals surface area contributed by atoms with Crippen molar-refractivity contribution in [1.29, 1.82) is 0 Å².